The number of nitrogens with one attached hydrogen (secondary N) is 1. The van der Waals surface area contributed by atoms with Crippen LogP contribution in [0.15, 0.2) is 0 Å². The lowest BCUT2D eigenvalue weighted by Gasteiger charge is -2.12. The van der Waals surface area contributed by atoms with Gasteiger partial charge in [0, 0.05) is 12.2 Å². The summed E-state index contributed by atoms with van der Waals surface area (Å²) >= 11 is 2.37. The Kier molecular flexibility index (Phi) is 2.88. The second kappa shape index (κ2) is 3.96. The molecule has 0 saturated carbocycles. The summed E-state index contributed by atoms with van der Waals surface area (Å²) in [5.41, 5.74) is 2.40. The fourth-order valence-electron chi connectivity index (χ4n) is 1.72. The molecule has 0 aromatic carbocycles. The van der Waals surface area contributed by atoms with Crippen molar-refractivity contribution in [3.63, 3.8) is 0 Å². The number of hydrogen-bond acceptors (Lipinski definition) is 2. The van der Waals surface area contributed by atoms with Crippen molar-refractivity contribution >= 4 is 22.6 Å². The zero-order chi connectivity index (χ0) is 9.26. The van der Waals surface area contributed by atoms with Gasteiger partial charge in [-0.3, -0.25) is 10.00 Å². The number of rotatable bonds is 2. The van der Waals surface area contributed by atoms with E-state index >= 15 is 0 Å². The van der Waals surface area contributed by atoms with E-state index in [0.29, 0.717) is 0 Å². The lowest BCUT2D eigenvalue weighted by molar-refractivity contribution is 0.326. The molecular weight excluding hydrogens is 277 g/mol. The van der Waals surface area contributed by atoms with Crippen LogP contribution in [0.3, 0.4) is 0 Å². The van der Waals surface area contributed by atoms with E-state index in [9.17, 15) is 0 Å². The summed E-state index contributed by atoms with van der Waals surface area (Å²) in [5.74, 6) is 0. The number of aryl methyl sites for hydroxylation is 1. The molecule has 3 nitrogen and oxygen atoms in total. The summed E-state index contributed by atoms with van der Waals surface area (Å²) in [6.07, 6.45) is 2.69. The largest absolute Gasteiger partial charge is 0.297 e. The minimum absolute atomic E-state index is 1.02. The van der Waals surface area contributed by atoms with Gasteiger partial charge in [-0.15, -0.1) is 0 Å². The van der Waals surface area contributed by atoms with Crippen LogP contribution in [0.1, 0.15) is 24.2 Å². The summed E-state index contributed by atoms with van der Waals surface area (Å²) < 4.78 is 1.30. The van der Waals surface area contributed by atoms with Gasteiger partial charge in [-0.05, 0) is 55.4 Å². The summed E-state index contributed by atoms with van der Waals surface area (Å²) in [5, 5.41) is 7.33. The Hall–Kier alpha value is -0.100. The van der Waals surface area contributed by atoms with Crippen molar-refractivity contribution in [1.82, 2.24) is 15.1 Å². The summed E-state index contributed by atoms with van der Waals surface area (Å²) in [4.78, 5) is 2.47. The predicted molar refractivity (Wildman–Crippen MR) is 60.6 cm³/mol. The molecule has 0 bridgehead atoms. The number of H-pyrrole nitrogens is 1. The molecule has 0 aliphatic carbocycles. The van der Waals surface area contributed by atoms with Gasteiger partial charge in [0.2, 0.25) is 0 Å². The van der Waals surface area contributed by atoms with Crippen LogP contribution in [0.5, 0.6) is 0 Å². The van der Waals surface area contributed by atoms with Gasteiger partial charge < -0.3 is 0 Å². The number of nitrogens with zero attached hydrogens (tertiary/aromatic N) is 2. The maximum Gasteiger partial charge on any atom is 0.0898 e. The van der Waals surface area contributed by atoms with Crippen molar-refractivity contribution in [3.8, 4) is 0 Å². The number of halogens is 1. The third-order valence-corrected chi connectivity index (χ3v) is 3.94. The molecule has 72 valence electrons. The average Bonchev–Trinajstić information content (AvgIpc) is 2.71. The molecule has 1 aromatic rings. The number of aromatic nitrogens is 2. The molecule has 1 aliphatic rings. The average molecular weight is 291 g/mol. The van der Waals surface area contributed by atoms with Crippen molar-refractivity contribution in [1.29, 1.82) is 0 Å². The van der Waals surface area contributed by atoms with E-state index in [4.69, 9.17) is 0 Å². The van der Waals surface area contributed by atoms with Crippen LogP contribution in [-0.2, 0) is 6.54 Å². The van der Waals surface area contributed by atoms with Gasteiger partial charge in [0.1, 0.15) is 0 Å². The first kappa shape index (κ1) is 9.45. The van der Waals surface area contributed by atoms with Crippen molar-refractivity contribution in [2.24, 2.45) is 0 Å². The van der Waals surface area contributed by atoms with Gasteiger partial charge >= 0.3 is 0 Å². The highest BCUT2D eigenvalue weighted by Gasteiger charge is 2.15. The number of hydrogen-bond donors (Lipinski definition) is 1. The quantitative estimate of drug-likeness (QED) is 0.844. The first-order chi connectivity index (χ1) is 6.27. The van der Waals surface area contributed by atoms with Crippen molar-refractivity contribution in [2.75, 3.05) is 13.1 Å². The van der Waals surface area contributed by atoms with Crippen LogP contribution >= 0.6 is 22.6 Å². The second-order valence-electron chi connectivity index (χ2n) is 3.59. The topological polar surface area (TPSA) is 31.9 Å². The summed E-state index contributed by atoms with van der Waals surface area (Å²) in [6.45, 7) is 5.56. The van der Waals surface area contributed by atoms with E-state index in [1.165, 1.54) is 40.9 Å². The Morgan fingerprint density at radius 3 is 2.69 bits per heavy atom. The summed E-state index contributed by atoms with van der Waals surface area (Å²) in [7, 11) is 0. The molecular formula is C9H14IN3. The lowest BCUT2D eigenvalue weighted by atomic mass is 10.3. The Bertz CT molecular complexity index is 289. The van der Waals surface area contributed by atoms with E-state index in [1.54, 1.807) is 0 Å². The monoisotopic (exact) mass is 291 g/mol. The zero-order valence-electron chi connectivity index (χ0n) is 7.81. The molecule has 0 spiro atoms. The molecule has 13 heavy (non-hydrogen) atoms. The Labute approximate surface area is 92.0 Å². The van der Waals surface area contributed by atoms with Crippen LogP contribution in [0, 0.1) is 10.5 Å². The van der Waals surface area contributed by atoms with E-state index < -0.39 is 0 Å². The third-order valence-electron chi connectivity index (χ3n) is 2.51. The van der Waals surface area contributed by atoms with Gasteiger partial charge in [0.15, 0.2) is 0 Å². The standard InChI is InChI=1S/C9H14IN3/c1-7-9(10)8(12-11-7)6-13-4-2-3-5-13/h2-6H2,1H3,(H,11,12). The highest BCUT2D eigenvalue weighted by molar-refractivity contribution is 14.1. The first-order valence-corrected chi connectivity index (χ1v) is 5.77. The molecule has 0 radical (unpaired) electrons. The van der Waals surface area contributed by atoms with Gasteiger partial charge in [-0.2, -0.15) is 5.10 Å². The van der Waals surface area contributed by atoms with Crippen molar-refractivity contribution in [3.05, 3.63) is 15.0 Å². The third kappa shape index (κ3) is 2.04. The smallest absolute Gasteiger partial charge is 0.0898 e. The molecule has 1 fully saturated rings. The zero-order valence-corrected chi connectivity index (χ0v) is 9.97. The van der Waals surface area contributed by atoms with Crippen LogP contribution in [0.2, 0.25) is 0 Å². The minimum atomic E-state index is 1.02. The molecule has 0 unspecified atom stereocenters. The van der Waals surface area contributed by atoms with E-state index in [-0.39, 0.29) is 0 Å². The molecule has 4 heteroatoms. The minimum Gasteiger partial charge on any atom is -0.297 e. The number of aromatic amines is 1. The summed E-state index contributed by atoms with van der Waals surface area (Å²) in [6, 6.07) is 0. The van der Waals surface area contributed by atoms with Gasteiger partial charge in [-0.25, -0.2) is 0 Å². The van der Waals surface area contributed by atoms with E-state index in [1.807, 2.05) is 0 Å². The molecule has 1 aromatic heterocycles. The van der Waals surface area contributed by atoms with E-state index in [2.05, 4.69) is 44.6 Å². The van der Waals surface area contributed by atoms with Crippen LogP contribution in [-0.4, -0.2) is 28.2 Å². The molecule has 0 amide bonds. The number of likely N-dealkylation sites (tertiary alicyclic amines) is 1. The molecule has 2 heterocycles. The maximum absolute atomic E-state index is 4.30. The van der Waals surface area contributed by atoms with Gasteiger partial charge in [-0.1, -0.05) is 0 Å². The Balaban J connectivity index is 2.04. The predicted octanol–water partition coefficient (Wildman–Crippen LogP) is 1.92. The van der Waals surface area contributed by atoms with Gasteiger partial charge in [0.05, 0.1) is 9.26 Å². The maximum atomic E-state index is 4.30. The first-order valence-electron chi connectivity index (χ1n) is 4.69. The molecule has 1 aliphatic heterocycles. The Morgan fingerprint density at radius 2 is 2.15 bits per heavy atom. The van der Waals surface area contributed by atoms with Crippen LogP contribution in [0.25, 0.3) is 0 Å². The van der Waals surface area contributed by atoms with Crippen molar-refractivity contribution < 1.29 is 0 Å². The second-order valence-corrected chi connectivity index (χ2v) is 4.67. The fourth-order valence-corrected chi connectivity index (χ4v) is 2.14. The molecule has 2 rings (SSSR count). The lowest BCUT2D eigenvalue weighted by Crippen LogP contribution is -2.19. The SMILES string of the molecule is Cc1[nH]nc(CN2CCCC2)c1I. The van der Waals surface area contributed by atoms with Crippen molar-refractivity contribution in [2.45, 2.75) is 26.3 Å². The van der Waals surface area contributed by atoms with Gasteiger partial charge in [0.25, 0.3) is 0 Å². The van der Waals surface area contributed by atoms with Crippen LogP contribution in [0.4, 0.5) is 0 Å². The van der Waals surface area contributed by atoms with Crippen LogP contribution < -0.4 is 0 Å². The normalized spacial score (nSPS) is 18.3. The molecule has 0 atom stereocenters. The molecule has 1 N–H and O–H groups in total. The van der Waals surface area contributed by atoms with E-state index in [0.717, 1.165) is 6.54 Å². The molecule has 1 saturated heterocycles. The fraction of sp³-hybridized carbons (Fsp3) is 0.667. The Morgan fingerprint density at radius 1 is 1.46 bits per heavy atom. The highest BCUT2D eigenvalue weighted by atomic mass is 127. The highest BCUT2D eigenvalue weighted by Crippen LogP contribution is 2.17.